The molecule has 0 radical (unpaired) electrons. The zero-order valence-corrected chi connectivity index (χ0v) is 10.9. The third kappa shape index (κ3) is 3.70. The molecule has 0 aliphatic heterocycles. The molecule has 0 bridgehead atoms. The number of nitrogens with zero attached hydrogens (tertiary/aromatic N) is 1. The van der Waals surface area contributed by atoms with Gasteiger partial charge < -0.3 is 10.6 Å². The van der Waals surface area contributed by atoms with Gasteiger partial charge in [0.15, 0.2) is 0 Å². The van der Waals surface area contributed by atoms with E-state index in [1.807, 2.05) is 13.8 Å². The summed E-state index contributed by atoms with van der Waals surface area (Å²) in [4.78, 5) is 13.6. The van der Waals surface area contributed by atoms with Crippen LogP contribution in [0.1, 0.15) is 35.8 Å². The lowest BCUT2D eigenvalue weighted by molar-refractivity contribution is -0.149. The van der Waals surface area contributed by atoms with E-state index in [0.29, 0.717) is 18.7 Å². The van der Waals surface area contributed by atoms with Gasteiger partial charge in [-0.15, -0.1) is 0 Å². The second-order valence-corrected chi connectivity index (χ2v) is 4.12. The smallest absolute Gasteiger partial charge is 0.339 e. The summed E-state index contributed by atoms with van der Waals surface area (Å²) in [5.74, 6) is -0.197. The van der Waals surface area contributed by atoms with Crippen LogP contribution in [0.15, 0.2) is 24.3 Å². The molecular weight excluding hydrogens is 257 g/mol. The SMILES string of the molecule is CCN(CC)C(=O)c1ccc([C@@H](N)C(F)(F)F)cc1. The van der Waals surface area contributed by atoms with Crippen molar-refractivity contribution in [3.63, 3.8) is 0 Å². The van der Waals surface area contributed by atoms with Gasteiger partial charge in [-0.05, 0) is 31.5 Å². The molecule has 1 atom stereocenters. The molecule has 0 aliphatic rings. The molecule has 0 unspecified atom stereocenters. The highest BCUT2D eigenvalue weighted by molar-refractivity contribution is 5.94. The van der Waals surface area contributed by atoms with E-state index >= 15 is 0 Å². The molecule has 1 rings (SSSR count). The number of carbonyl (C=O) groups is 1. The van der Waals surface area contributed by atoms with Crippen molar-refractivity contribution >= 4 is 5.91 Å². The molecule has 2 N–H and O–H groups in total. The minimum atomic E-state index is -4.48. The lowest BCUT2D eigenvalue weighted by atomic mass is 10.0. The molecule has 0 aliphatic carbocycles. The minimum absolute atomic E-state index is 0.0522. The van der Waals surface area contributed by atoms with Crippen LogP contribution in [-0.4, -0.2) is 30.1 Å². The molecule has 3 nitrogen and oxygen atoms in total. The van der Waals surface area contributed by atoms with E-state index in [-0.39, 0.29) is 11.5 Å². The van der Waals surface area contributed by atoms with Crippen molar-refractivity contribution < 1.29 is 18.0 Å². The van der Waals surface area contributed by atoms with Crippen molar-refractivity contribution in [1.29, 1.82) is 0 Å². The topological polar surface area (TPSA) is 46.3 Å². The molecule has 1 amide bonds. The van der Waals surface area contributed by atoms with Gasteiger partial charge in [-0.2, -0.15) is 13.2 Å². The Morgan fingerprint density at radius 3 is 2.05 bits per heavy atom. The number of nitrogens with two attached hydrogens (primary N) is 1. The molecule has 19 heavy (non-hydrogen) atoms. The second-order valence-electron chi connectivity index (χ2n) is 4.12. The summed E-state index contributed by atoms with van der Waals surface area (Å²) >= 11 is 0. The number of hydrogen-bond donors (Lipinski definition) is 1. The van der Waals surface area contributed by atoms with Crippen molar-refractivity contribution in [2.45, 2.75) is 26.1 Å². The Balaban J connectivity index is 2.91. The fourth-order valence-corrected chi connectivity index (χ4v) is 1.72. The van der Waals surface area contributed by atoms with Crippen molar-refractivity contribution in [3.8, 4) is 0 Å². The highest BCUT2D eigenvalue weighted by Gasteiger charge is 2.37. The van der Waals surface area contributed by atoms with Crippen LogP contribution in [0.4, 0.5) is 13.2 Å². The van der Waals surface area contributed by atoms with Gasteiger partial charge in [0.1, 0.15) is 6.04 Å². The summed E-state index contributed by atoms with van der Waals surface area (Å²) in [6, 6.07) is 3.22. The molecule has 0 heterocycles. The second kappa shape index (κ2) is 6.06. The van der Waals surface area contributed by atoms with Gasteiger partial charge in [-0.25, -0.2) is 0 Å². The molecule has 0 fully saturated rings. The zero-order chi connectivity index (χ0) is 14.6. The number of alkyl halides is 3. The van der Waals surface area contributed by atoms with E-state index < -0.39 is 12.2 Å². The normalized spacial score (nSPS) is 13.2. The number of benzene rings is 1. The number of rotatable bonds is 4. The highest BCUT2D eigenvalue weighted by Crippen LogP contribution is 2.30. The van der Waals surface area contributed by atoms with Crippen LogP contribution in [0.5, 0.6) is 0 Å². The van der Waals surface area contributed by atoms with Crippen LogP contribution in [0.3, 0.4) is 0 Å². The Labute approximate surface area is 110 Å². The van der Waals surface area contributed by atoms with Gasteiger partial charge in [0.05, 0.1) is 0 Å². The summed E-state index contributed by atoms with van der Waals surface area (Å²) < 4.78 is 37.3. The fourth-order valence-electron chi connectivity index (χ4n) is 1.72. The molecular formula is C13H17F3N2O. The largest absolute Gasteiger partial charge is 0.407 e. The molecule has 0 spiro atoms. The Kier molecular flexibility index (Phi) is 4.94. The van der Waals surface area contributed by atoms with Crippen molar-refractivity contribution in [2.75, 3.05) is 13.1 Å². The fraction of sp³-hybridized carbons (Fsp3) is 0.462. The average Bonchev–Trinajstić information content (AvgIpc) is 2.38. The van der Waals surface area contributed by atoms with E-state index in [1.165, 1.54) is 24.3 Å². The van der Waals surface area contributed by atoms with E-state index in [1.54, 1.807) is 4.90 Å². The third-order valence-corrected chi connectivity index (χ3v) is 2.92. The monoisotopic (exact) mass is 274 g/mol. The maximum atomic E-state index is 12.4. The minimum Gasteiger partial charge on any atom is -0.339 e. The van der Waals surface area contributed by atoms with Crippen molar-refractivity contribution in [2.24, 2.45) is 5.73 Å². The molecule has 1 aromatic carbocycles. The van der Waals surface area contributed by atoms with Crippen molar-refractivity contribution in [1.82, 2.24) is 4.90 Å². The van der Waals surface area contributed by atoms with E-state index in [2.05, 4.69) is 0 Å². The van der Waals surface area contributed by atoms with Gasteiger partial charge in [0.25, 0.3) is 5.91 Å². The Hall–Kier alpha value is -1.56. The number of amides is 1. The molecule has 106 valence electrons. The van der Waals surface area contributed by atoms with Crippen molar-refractivity contribution in [3.05, 3.63) is 35.4 Å². The molecule has 6 heteroatoms. The predicted molar refractivity (Wildman–Crippen MR) is 66.7 cm³/mol. The maximum Gasteiger partial charge on any atom is 0.407 e. The first kappa shape index (κ1) is 15.5. The van der Waals surface area contributed by atoms with Gasteiger partial charge in [-0.3, -0.25) is 4.79 Å². The van der Waals surface area contributed by atoms with Crippen LogP contribution in [-0.2, 0) is 0 Å². The first-order valence-corrected chi connectivity index (χ1v) is 6.02. The Morgan fingerprint density at radius 2 is 1.68 bits per heavy atom. The van der Waals surface area contributed by atoms with E-state index in [0.717, 1.165) is 0 Å². The van der Waals surface area contributed by atoms with E-state index in [9.17, 15) is 18.0 Å². The van der Waals surface area contributed by atoms with Gasteiger partial charge in [0.2, 0.25) is 0 Å². The summed E-state index contributed by atoms with van der Waals surface area (Å²) in [6.45, 7) is 4.79. The first-order valence-electron chi connectivity index (χ1n) is 6.02. The van der Waals surface area contributed by atoms with Crippen LogP contribution in [0.25, 0.3) is 0 Å². The number of halogens is 3. The molecule has 1 aromatic rings. The lowest BCUT2D eigenvalue weighted by Gasteiger charge is -2.19. The molecule has 0 saturated heterocycles. The average molecular weight is 274 g/mol. The summed E-state index contributed by atoms with van der Waals surface area (Å²) in [5.41, 5.74) is 5.40. The van der Waals surface area contributed by atoms with E-state index in [4.69, 9.17) is 5.73 Å². The highest BCUT2D eigenvalue weighted by atomic mass is 19.4. The summed E-state index contributed by atoms with van der Waals surface area (Å²) in [7, 11) is 0. The Bertz CT molecular complexity index is 425. The summed E-state index contributed by atoms with van der Waals surface area (Å²) in [6.07, 6.45) is -4.48. The van der Waals surface area contributed by atoms with Crippen LogP contribution < -0.4 is 5.73 Å². The van der Waals surface area contributed by atoms with Gasteiger partial charge in [0, 0.05) is 18.7 Å². The Morgan fingerprint density at radius 1 is 1.21 bits per heavy atom. The molecule has 0 saturated carbocycles. The van der Waals surface area contributed by atoms with Crippen LogP contribution >= 0.6 is 0 Å². The van der Waals surface area contributed by atoms with Crippen LogP contribution in [0, 0.1) is 0 Å². The van der Waals surface area contributed by atoms with Crippen LogP contribution in [0.2, 0.25) is 0 Å². The number of carbonyl (C=O) groups excluding carboxylic acids is 1. The molecule has 0 aromatic heterocycles. The van der Waals surface area contributed by atoms with Gasteiger partial charge in [-0.1, -0.05) is 12.1 Å². The first-order chi connectivity index (χ1) is 8.81. The third-order valence-electron chi connectivity index (χ3n) is 2.92. The lowest BCUT2D eigenvalue weighted by Crippen LogP contribution is -2.31. The quantitative estimate of drug-likeness (QED) is 0.917. The summed E-state index contributed by atoms with van der Waals surface area (Å²) in [5, 5.41) is 0. The predicted octanol–water partition coefficient (Wildman–Crippen LogP) is 2.73. The standard InChI is InChI=1S/C13H17F3N2O/c1-3-18(4-2)12(19)10-7-5-9(6-8-10)11(17)13(14,15)16/h5-8,11H,3-4,17H2,1-2H3/t11-/m1/s1. The maximum absolute atomic E-state index is 12.4. The number of hydrogen-bond acceptors (Lipinski definition) is 2. The zero-order valence-electron chi connectivity index (χ0n) is 10.9. The van der Waals surface area contributed by atoms with Gasteiger partial charge >= 0.3 is 6.18 Å².